The number of anilines is 1. The highest BCUT2D eigenvalue weighted by atomic mass is 35.5. The molecule has 1 atom stereocenters. The molecule has 1 aromatic carbocycles. The zero-order valence-corrected chi connectivity index (χ0v) is 15.9. The SMILES string of the molecule is COc1ccc(NC(=O)CCN(CC2CCCO2)S(C)(=O)=O)cc1Cl. The highest BCUT2D eigenvalue weighted by molar-refractivity contribution is 7.88. The summed E-state index contributed by atoms with van der Waals surface area (Å²) in [6, 6.07) is 4.90. The maximum Gasteiger partial charge on any atom is 0.225 e. The van der Waals surface area contributed by atoms with Gasteiger partial charge < -0.3 is 14.8 Å². The van der Waals surface area contributed by atoms with Gasteiger partial charge in [0.25, 0.3) is 0 Å². The first kappa shape index (κ1) is 20.0. The third kappa shape index (κ3) is 6.14. The van der Waals surface area contributed by atoms with Gasteiger partial charge in [0.05, 0.1) is 24.5 Å². The second kappa shape index (κ2) is 8.84. The van der Waals surface area contributed by atoms with Crippen molar-refractivity contribution in [2.75, 3.05) is 38.4 Å². The van der Waals surface area contributed by atoms with Crippen molar-refractivity contribution in [1.82, 2.24) is 4.31 Å². The maximum absolute atomic E-state index is 12.1. The average Bonchev–Trinajstić information content (AvgIpc) is 3.03. The number of rotatable bonds is 8. The number of carbonyl (C=O) groups is 1. The van der Waals surface area contributed by atoms with Crippen LogP contribution < -0.4 is 10.1 Å². The van der Waals surface area contributed by atoms with Crippen LogP contribution in [0.25, 0.3) is 0 Å². The minimum atomic E-state index is -3.40. The lowest BCUT2D eigenvalue weighted by Crippen LogP contribution is -2.38. The summed E-state index contributed by atoms with van der Waals surface area (Å²) in [5, 5.41) is 3.09. The Kier molecular flexibility index (Phi) is 7.06. The summed E-state index contributed by atoms with van der Waals surface area (Å²) >= 11 is 6.02. The van der Waals surface area contributed by atoms with Crippen molar-refractivity contribution in [2.24, 2.45) is 0 Å². The van der Waals surface area contributed by atoms with Crippen LogP contribution in [-0.2, 0) is 19.6 Å². The van der Waals surface area contributed by atoms with Gasteiger partial charge in [-0.25, -0.2) is 8.42 Å². The number of hydrogen-bond donors (Lipinski definition) is 1. The maximum atomic E-state index is 12.1. The zero-order valence-electron chi connectivity index (χ0n) is 14.3. The molecule has 0 radical (unpaired) electrons. The summed E-state index contributed by atoms with van der Waals surface area (Å²) in [4.78, 5) is 12.1. The van der Waals surface area contributed by atoms with Gasteiger partial charge in [-0.1, -0.05) is 11.6 Å². The third-order valence-corrected chi connectivity index (χ3v) is 5.49. The first-order valence-electron chi connectivity index (χ1n) is 7.99. The average molecular weight is 391 g/mol. The minimum absolute atomic E-state index is 0.0451. The van der Waals surface area contributed by atoms with Crippen molar-refractivity contribution < 1.29 is 22.7 Å². The summed E-state index contributed by atoms with van der Waals surface area (Å²) in [5.41, 5.74) is 0.529. The number of carbonyl (C=O) groups excluding carboxylic acids is 1. The molecule has 1 aliphatic heterocycles. The monoisotopic (exact) mass is 390 g/mol. The van der Waals surface area contributed by atoms with E-state index in [4.69, 9.17) is 21.1 Å². The van der Waals surface area contributed by atoms with Crippen molar-refractivity contribution in [3.05, 3.63) is 23.2 Å². The summed E-state index contributed by atoms with van der Waals surface area (Å²) in [6.45, 7) is 1.04. The Morgan fingerprint density at radius 1 is 1.48 bits per heavy atom. The van der Waals surface area contributed by atoms with E-state index in [2.05, 4.69) is 5.32 Å². The van der Waals surface area contributed by atoms with Crippen molar-refractivity contribution in [3.8, 4) is 5.75 Å². The van der Waals surface area contributed by atoms with Crippen LogP contribution in [0.2, 0.25) is 5.02 Å². The first-order chi connectivity index (χ1) is 11.8. The lowest BCUT2D eigenvalue weighted by Gasteiger charge is -2.22. The summed E-state index contributed by atoms with van der Waals surface area (Å²) in [5.74, 6) is 0.224. The number of nitrogens with one attached hydrogen (secondary N) is 1. The molecule has 2 rings (SSSR count). The predicted molar refractivity (Wildman–Crippen MR) is 96.6 cm³/mol. The molecule has 1 amide bonds. The van der Waals surface area contributed by atoms with E-state index < -0.39 is 10.0 Å². The molecule has 0 saturated carbocycles. The molecular weight excluding hydrogens is 368 g/mol. The number of ether oxygens (including phenoxy) is 2. The van der Waals surface area contributed by atoms with Crippen LogP contribution in [0, 0.1) is 0 Å². The quantitative estimate of drug-likeness (QED) is 0.734. The number of hydrogen-bond acceptors (Lipinski definition) is 5. The van der Waals surface area contributed by atoms with Crippen molar-refractivity contribution in [1.29, 1.82) is 0 Å². The molecule has 0 bridgehead atoms. The smallest absolute Gasteiger partial charge is 0.225 e. The largest absolute Gasteiger partial charge is 0.495 e. The predicted octanol–water partition coefficient (Wildman–Crippen LogP) is 2.12. The van der Waals surface area contributed by atoms with Crippen molar-refractivity contribution in [2.45, 2.75) is 25.4 Å². The van der Waals surface area contributed by atoms with E-state index >= 15 is 0 Å². The molecule has 1 fully saturated rings. The van der Waals surface area contributed by atoms with Gasteiger partial charge in [-0.15, -0.1) is 0 Å². The lowest BCUT2D eigenvalue weighted by molar-refractivity contribution is -0.116. The Morgan fingerprint density at radius 3 is 2.80 bits per heavy atom. The molecular formula is C16H23ClN2O5S. The van der Waals surface area contributed by atoms with Crippen molar-refractivity contribution in [3.63, 3.8) is 0 Å². The molecule has 25 heavy (non-hydrogen) atoms. The summed E-state index contributed by atoms with van der Waals surface area (Å²) in [6.07, 6.45) is 2.86. The Morgan fingerprint density at radius 2 is 2.24 bits per heavy atom. The second-order valence-electron chi connectivity index (χ2n) is 5.90. The van der Waals surface area contributed by atoms with E-state index in [1.807, 2.05) is 0 Å². The number of sulfonamides is 1. The van der Waals surface area contributed by atoms with Gasteiger partial charge in [-0.2, -0.15) is 4.31 Å². The van der Waals surface area contributed by atoms with Gasteiger partial charge in [0, 0.05) is 31.8 Å². The van der Waals surface area contributed by atoms with E-state index in [-0.39, 0.29) is 31.5 Å². The normalized spacial score (nSPS) is 17.7. The van der Waals surface area contributed by atoms with Crippen molar-refractivity contribution >= 4 is 33.2 Å². The molecule has 0 aromatic heterocycles. The number of nitrogens with zero attached hydrogens (tertiary/aromatic N) is 1. The number of amides is 1. The van der Waals surface area contributed by atoms with Gasteiger partial charge in [0.15, 0.2) is 0 Å². The molecule has 1 saturated heterocycles. The molecule has 1 aromatic rings. The van der Waals surface area contributed by atoms with E-state index in [1.54, 1.807) is 18.2 Å². The fourth-order valence-electron chi connectivity index (χ4n) is 2.60. The van der Waals surface area contributed by atoms with Crippen LogP contribution in [0.1, 0.15) is 19.3 Å². The standard InChI is InChI=1S/C16H23ClN2O5S/c1-23-15-6-5-12(10-14(15)17)18-16(20)7-8-19(25(2,21)22)11-13-4-3-9-24-13/h5-6,10,13H,3-4,7-9,11H2,1-2H3,(H,18,20). The first-order valence-corrected chi connectivity index (χ1v) is 10.2. The molecule has 1 N–H and O–H groups in total. The fraction of sp³-hybridized carbons (Fsp3) is 0.562. The van der Waals surface area contributed by atoms with Gasteiger partial charge in [-0.05, 0) is 31.0 Å². The minimum Gasteiger partial charge on any atom is -0.495 e. The van der Waals surface area contributed by atoms with E-state index in [9.17, 15) is 13.2 Å². The van der Waals surface area contributed by atoms with E-state index in [1.165, 1.54) is 11.4 Å². The zero-order chi connectivity index (χ0) is 18.4. The van der Waals surface area contributed by atoms with Gasteiger partial charge in [0.1, 0.15) is 5.75 Å². The molecule has 1 unspecified atom stereocenters. The van der Waals surface area contributed by atoms with Crippen LogP contribution in [-0.4, -0.2) is 57.8 Å². The number of benzene rings is 1. The van der Waals surface area contributed by atoms with Crippen LogP contribution in [0.5, 0.6) is 5.75 Å². The Labute approximate surface area is 153 Å². The lowest BCUT2D eigenvalue weighted by atomic mass is 10.2. The highest BCUT2D eigenvalue weighted by Gasteiger charge is 2.25. The fourth-order valence-corrected chi connectivity index (χ4v) is 3.72. The molecule has 7 nitrogen and oxygen atoms in total. The van der Waals surface area contributed by atoms with E-state index in [0.29, 0.717) is 23.1 Å². The molecule has 1 heterocycles. The summed E-state index contributed by atoms with van der Waals surface area (Å²) in [7, 11) is -1.89. The Hall–Kier alpha value is -1.35. The highest BCUT2D eigenvalue weighted by Crippen LogP contribution is 2.27. The number of halogens is 1. The second-order valence-corrected chi connectivity index (χ2v) is 8.29. The number of methoxy groups -OCH3 is 1. The van der Waals surface area contributed by atoms with Crippen LogP contribution in [0.15, 0.2) is 18.2 Å². The van der Waals surface area contributed by atoms with E-state index in [0.717, 1.165) is 19.1 Å². The van der Waals surface area contributed by atoms with Crippen LogP contribution >= 0.6 is 11.6 Å². The molecule has 0 aliphatic carbocycles. The third-order valence-electron chi connectivity index (χ3n) is 3.92. The molecule has 0 spiro atoms. The van der Waals surface area contributed by atoms with Gasteiger partial charge in [-0.3, -0.25) is 4.79 Å². The molecule has 1 aliphatic rings. The molecule has 140 valence electrons. The Balaban J connectivity index is 1.90. The molecule has 9 heteroatoms. The van der Waals surface area contributed by atoms with Gasteiger partial charge >= 0.3 is 0 Å². The summed E-state index contributed by atoms with van der Waals surface area (Å²) < 4.78 is 35.7. The topological polar surface area (TPSA) is 84.9 Å². The van der Waals surface area contributed by atoms with Crippen LogP contribution in [0.4, 0.5) is 5.69 Å². The van der Waals surface area contributed by atoms with Gasteiger partial charge in [0.2, 0.25) is 15.9 Å². The Bertz CT molecular complexity index is 704. The van der Waals surface area contributed by atoms with Crippen LogP contribution in [0.3, 0.4) is 0 Å².